The molecule has 0 aromatic heterocycles. The summed E-state index contributed by atoms with van der Waals surface area (Å²) in [4.78, 5) is 14.6. The number of rotatable bonds is 7. The molecule has 0 unspecified atom stereocenters. The van der Waals surface area contributed by atoms with Crippen molar-refractivity contribution in [3.05, 3.63) is 89.0 Å². The van der Waals surface area contributed by atoms with Crippen molar-refractivity contribution in [3.63, 3.8) is 0 Å². The Kier molecular flexibility index (Phi) is 6.65. The highest BCUT2D eigenvalue weighted by molar-refractivity contribution is 7.92. The summed E-state index contributed by atoms with van der Waals surface area (Å²) < 4.78 is 27.8. The Morgan fingerprint density at radius 1 is 0.871 bits per heavy atom. The fraction of sp³-hybridized carbons (Fsp3) is 0.208. The minimum atomic E-state index is -3.70. The number of anilines is 2. The topological polar surface area (TPSA) is 78.5 Å². The van der Waals surface area contributed by atoms with Gasteiger partial charge in [0.15, 0.2) is 0 Å². The summed E-state index contributed by atoms with van der Waals surface area (Å²) in [5, 5.41) is 2.88. The van der Waals surface area contributed by atoms with Crippen LogP contribution in [0.4, 0.5) is 11.4 Å². The van der Waals surface area contributed by atoms with Crippen LogP contribution >= 0.6 is 0 Å². The largest absolute Gasteiger partial charge is 0.378 e. The quantitative estimate of drug-likeness (QED) is 0.583. The van der Waals surface area contributed by atoms with Crippen molar-refractivity contribution in [2.24, 2.45) is 0 Å². The van der Waals surface area contributed by atoms with Crippen LogP contribution in [0.2, 0.25) is 0 Å². The van der Waals surface area contributed by atoms with Crippen LogP contribution in [-0.2, 0) is 16.6 Å². The van der Waals surface area contributed by atoms with Gasteiger partial charge in [0.05, 0.1) is 4.90 Å². The molecule has 7 heteroatoms. The summed E-state index contributed by atoms with van der Waals surface area (Å²) in [7, 11) is 0.253. The highest BCUT2D eigenvalue weighted by Crippen LogP contribution is 2.19. The Hall–Kier alpha value is -3.32. The predicted octanol–water partition coefficient (Wildman–Crippen LogP) is 4.10. The van der Waals surface area contributed by atoms with E-state index in [0.717, 1.165) is 22.4 Å². The van der Waals surface area contributed by atoms with Gasteiger partial charge in [-0.05, 0) is 79.1 Å². The number of carbonyl (C=O) groups is 1. The number of sulfonamides is 1. The maximum atomic E-state index is 12.6. The van der Waals surface area contributed by atoms with Crippen molar-refractivity contribution in [2.75, 3.05) is 23.7 Å². The van der Waals surface area contributed by atoms with Crippen LogP contribution in [0, 0.1) is 13.8 Å². The van der Waals surface area contributed by atoms with Crippen molar-refractivity contribution in [1.82, 2.24) is 5.32 Å². The van der Waals surface area contributed by atoms with Crippen LogP contribution in [-0.4, -0.2) is 28.4 Å². The summed E-state index contributed by atoms with van der Waals surface area (Å²) in [6.45, 7) is 4.22. The number of benzene rings is 3. The lowest BCUT2D eigenvalue weighted by Gasteiger charge is -2.13. The van der Waals surface area contributed by atoms with E-state index in [4.69, 9.17) is 0 Å². The summed E-state index contributed by atoms with van der Waals surface area (Å²) in [6, 6.07) is 19.3. The van der Waals surface area contributed by atoms with E-state index in [1.165, 1.54) is 0 Å². The van der Waals surface area contributed by atoms with E-state index < -0.39 is 10.0 Å². The molecule has 1 amide bonds. The monoisotopic (exact) mass is 437 g/mol. The molecule has 0 aliphatic carbocycles. The van der Waals surface area contributed by atoms with E-state index in [0.29, 0.717) is 17.8 Å². The summed E-state index contributed by atoms with van der Waals surface area (Å²) >= 11 is 0. The number of nitrogens with one attached hydrogen (secondary N) is 2. The Morgan fingerprint density at radius 3 is 2.10 bits per heavy atom. The van der Waals surface area contributed by atoms with Gasteiger partial charge in [-0.15, -0.1) is 0 Å². The molecule has 0 fully saturated rings. The van der Waals surface area contributed by atoms with Crippen LogP contribution in [0.1, 0.15) is 27.0 Å². The van der Waals surface area contributed by atoms with Gasteiger partial charge in [-0.25, -0.2) is 8.42 Å². The second-order valence-corrected chi connectivity index (χ2v) is 9.35. The highest BCUT2D eigenvalue weighted by atomic mass is 32.2. The SMILES string of the molecule is Cc1ccc(S(=O)(=O)Nc2ccc(C(=O)NCc3ccc(N(C)C)cc3)cc2)cc1C. The first-order valence-electron chi connectivity index (χ1n) is 9.90. The average molecular weight is 438 g/mol. The van der Waals surface area contributed by atoms with Gasteiger partial charge in [0.2, 0.25) is 0 Å². The van der Waals surface area contributed by atoms with Crippen LogP contribution in [0.3, 0.4) is 0 Å². The molecular formula is C24H27N3O3S. The van der Waals surface area contributed by atoms with E-state index in [9.17, 15) is 13.2 Å². The number of hydrogen-bond acceptors (Lipinski definition) is 4. The lowest BCUT2D eigenvalue weighted by atomic mass is 10.1. The fourth-order valence-electron chi connectivity index (χ4n) is 2.98. The molecular weight excluding hydrogens is 410 g/mol. The molecule has 0 saturated heterocycles. The molecule has 0 spiro atoms. The van der Waals surface area contributed by atoms with E-state index in [1.807, 2.05) is 57.1 Å². The first kappa shape index (κ1) is 22.4. The minimum Gasteiger partial charge on any atom is -0.378 e. The van der Waals surface area contributed by atoms with Gasteiger partial charge in [0, 0.05) is 37.6 Å². The third-order valence-electron chi connectivity index (χ3n) is 5.09. The Labute approximate surface area is 184 Å². The zero-order valence-corrected chi connectivity index (χ0v) is 19.0. The average Bonchev–Trinajstić information content (AvgIpc) is 2.74. The van der Waals surface area contributed by atoms with E-state index in [1.54, 1.807) is 42.5 Å². The summed E-state index contributed by atoms with van der Waals surface area (Å²) in [5.41, 5.74) is 4.88. The van der Waals surface area contributed by atoms with Crippen LogP contribution in [0.5, 0.6) is 0 Å². The highest BCUT2D eigenvalue weighted by Gasteiger charge is 2.15. The molecule has 3 rings (SSSR count). The fourth-order valence-corrected chi connectivity index (χ4v) is 4.12. The van der Waals surface area contributed by atoms with Crippen molar-refractivity contribution in [3.8, 4) is 0 Å². The van der Waals surface area contributed by atoms with Gasteiger partial charge in [-0.1, -0.05) is 18.2 Å². The molecule has 0 aliphatic rings. The molecule has 3 aromatic carbocycles. The Balaban J connectivity index is 1.62. The Morgan fingerprint density at radius 2 is 1.52 bits per heavy atom. The van der Waals surface area contributed by atoms with Crippen molar-refractivity contribution in [1.29, 1.82) is 0 Å². The number of nitrogens with zero attached hydrogens (tertiary/aromatic N) is 1. The molecule has 0 radical (unpaired) electrons. The summed E-state index contributed by atoms with van der Waals surface area (Å²) in [6.07, 6.45) is 0. The lowest BCUT2D eigenvalue weighted by Crippen LogP contribution is -2.22. The second-order valence-electron chi connectivity index (χ2n) is 7.67. The third-order valence-corrected chi connectivity index (χ3v) is 6.47. The van der Waals surface area contributed by atoms with Crippen molar-refractivity contribution >= 4 is 27.3 Å². The molecule has 0 aliphatic heterocycles. The number of aryl methyl sites for hydroxylation is 2. The molecule has 0 atom stereocenters. The minimum absolute atomic E-state index is 0.206. The van der Waals surface area contributed by atoms with Crippen LogP contribution in [0.25, 0.3) is 0 Å². The molecule has 3 aromatic rings. The standard InChI is InChI=1S/C24H27N3O3S/c1-17-5-14-23(15-18(17)2)31(29,30)26-21-10-8-20(9-11-21)24(28)25-16-19-6-12-22(13-7-19)27(3)4/h5-15,26H,16H2,1-4H3,(H,25,28). The lowest BCUT2D eigenvalue weighted by molar-refractivity contribution is 0.0951. The van der Waals surface area contributed by atoms with Gasteiger partial charge in [0.1, 0.15) is 0 Å². The molecule has 31 heavy (non-hydrogen) atoms. The summed E-state index contributed by atoms with van der Waals surface area (Å²) in [5.74, 6) is -0.222. The maximum Gasteiger partial charge on any atom is 0.261 e. The zero-order chi connectivity index (χ0) is 22.6. The van der Waals surface area contributed by atoms with Crippen molar-refractivity contribution in [2.45, 2.75) is 25.3 Å². The second kappa shape index (κ2) is 9.22. The molecule has 162 valence electrons. The zero-order valence-electron chi connectivity index (χ0n) is 18.1. The number of carbonyl (C=O) groups excluding carboxylic acids is 1. The number of hydrogen-bond donors (Lipinski definition) is 2. The van der Waals surface area contributed by atoms with E-state index in [2.05, 4.69) is 10.0 Å². The van der Waals surface area contributed by atoms with Gasteiger partial charge >= 0.3 is 0 Å². The molecule has 0 heterocycles. The molecule has 0 bridgehead atoms. The first-order chi connectivity index (χ1) is 14.7. The number of amides is 1. The Bertz CT molecular complexity index is 1170. The predicted molar refractivity (Wildman–Crippen MR) is 125 cm³/mol. The smallest absolute Gasteiger partial charge is 0.261 e. The maximum absolute atomic E-state index is 12.6. The van der Waals surface area contributed by atoms with Gasteiger partial charge in [-0.2, -0.15) is 0 Å². The third kappa shape index (κ3) is 5.64. The molecule has 0 saturated carbocycles. The van der Waals surface area contributed by atoms with Gasteiger partial charge in [-0.3, -0.25) is 9.52 Å². The van der Waals surface area contributed by atoms with Gasteiger partial charge in [0.25, 0.3) is 15.9 Å². The van der Waals surface area contributed by atoms with Crippen LogP contribution in [0.15, 0.2) is 71.6 Å². The molecule has 6 nitrogen and oxygen atoms in total. The molecule has 2 N–H and O–H groups in total. The van der Waals surface area contributed by atoms with Gasteiger partial charge < -0.3 is 10.2 Å². The van der Waals surface area contributed by atoms with E-state index in [-0.39, 0.29) is 10.8 Å². The van der Waals surface area contributed by atoms with Crippen LogP contribution < -0.4 is 14.9 Å². The first-order valence-corrected chi connectivity index (χ1v) is 11.4. The van der Waals surface area contributed by atoms with Crippen molar-refractivity contribution < 1.29 is 13.2 Å². The normalized spacial score (nSPS) is 11.1. The van der Waals surface area contributed by atoms with E-state index >= 15 is 0 Å².